The third-order valence-electron chi connectivity index (χ3n) is 6.79. The van der Waals surface area contributed by atoms with E-state index in [0.29, 0.717) is 35.1 Å². The molecule has 0 bridgehead atoms. The summed E-state index contributed by atoms with van der Waals surface area (Å²) >= 11 is 1.43. The van der Waals surface area contributed by atoms with Gasteiger partial charge in [-0.2, -0.15) is 0 Å². The van der Waals surface area contributed by atoms with Crippen LogP contribution in [0.3, 0.4) is 0 Å². The standard InChI is InChI=1S/C29H29N3O4S/c1-5-31(6-2)15-16-32(29-30-25-24(35-4)13-11-18(3)26(25)37-29)27(33)22-17-21-20-10-8-7-9-19(20)12-14-23(21)36-28(22)34/h7-14,17H,5-6,15-16H2,1-4H3. The number of carbonyl (C=O) groups is 1. The summed E-state index contributed by atoms with van der Waals surface area (Å²) < 4.78 is 12.1. The average molecular weight is 516 g/mol. The zero-order valence-electron chi connectivity index (χ0n) is 21.4. The Bertz CT molecular complexity index is 1670. The quantitative estimate of drug-likeness (QED) is 0.190. The van der Waals surface area contributed by atoms with Crippen LogP contribution in [0.2, 0.25) is 0 Å². The summed E-state index contributed by atoms with van der Waals surface area (Å²) in [6, 6.07) is 17.1. The molecule has 8 heteroatoms. The van der Waals surface area contributed by atoms with Crippen molar-refractivity contribution in [2.24, 2.45) is 0 Å². The SMILES string of the molecule is CCN(CC)CCN(C(=O)c1cc2c(ccc3ccccc32)oc1=O)c1nc2c(OC)ccc(C)c2s1. The number of hydrogen-bond donors (Lipinski definition) is 0. The van der Waals surface area contributed by atoms with Gasteiger partial charge in [0.05, 0.1) is 11.8 Å². The van der Waals surface area contributed by atoms with Gasteiger partial charge in [-0.25, -0.2) is 9.78 Å². The van der Waals surface area contributed by atoms with Gasteiger partial charge in [-0.15, -0.1) is 0 Å². The Morgan fingerprint density at radius 3 is 2.57 bits per heavy atom. The first-order valence-electron chi connectivity index (χ1n) is 12.4. The van der Waals surface area contributed by atoms with Crippen LogP contribution in [0.1, 0.15) is 29.8 Å². The first-order valence-corrected chi connectivity index (χ1v) is 13.2. The normalized spacial score (nSPS) is 11.6. The number of hydrogen-bond acceptors (Lipinski definition) is 7. The number of carbonyl (C=O) groups excluding carboxylic acids is 1. The van der Waals surface area contributed by atoms with Gasteiger partial charge in [0.2, 0.25) is 0 Å². The van der Waals surface area contributed by atoms with Crippen molar-refractivity contribution in [1.82, 2.24) is 9.88 Å². The predicted octanol–water partition coefficient (Wildman–Crippen LogP) is 5.86. The van der Waals surface area contributed by atoms with Crippen molar-refractivity contribution < 1.29 is 13.9 Å². The molecule has 0 aliphatic rings. The van der Waals surface area contributed by atoms with Gasteiger partial charge >= 0.3 is 5.63 Å². The lowest BCUT2D eigenvalue weighted by Crippen LogP contribution is -2.40. The summed E-state index contributed by atoms with van der Waals surface area (Å²) in [7, 11) is 1.61. The van der Waals surface area contributed by atoms with Crippen LogP contribution in [-0.2, 0) is 0 Å². The molecule has 37 heavy (non-hydrogen) atoms. The maximum absolute atomic E-state index is 14.0. The molecule has 2 aromatic heterocycles. The van der Waals surface area contributed by atoms with Crippen molar-refractivity contribution in [3.8, 4) is 5.75 Å². The number of likely N-dealkylation sites (N-methyl/N-ethyl adjacent to an activating group) is 1. The molecule has 0 N–H and O–H groups in total. The van der Waals surface area contributed by atoms with Crippen LogP contribution in [0.4, 0.5) is 5.13 Å². The van der Waals surface area contributed by atoms with E-state index in [9.17, 15) is 9.59 Å². The van der Waals surface area contributed by atoms with Crippen LogP contribution in [0.5, 0.6) is 5.75 Å². The van der Waals surface area contributed by atoms with Crippen LogP contribution < -0.4 is 15.3 Å². The lowest BCUT2D eigenvalue weighted by Gasteiger charge is -2.24. The number of benzene rings is 3. The fourth-order valence-corrected chi connectivity index (χ4v) is 5.69. The molecule has 0 radical (unpaired) electrons. The lowest BCUT2D eigenvalue weighted by molar-refractivity contribution is 0.0980. The van der Waals surface area contributed by atoms with Crippen LogP contribution >= 0.6 is 11.3 Å². The topological polar surface area (TPSA) is 75.9 Å². The van der Waals surface area contributed by atoms with E-state index >= 15 is 0 Å². The maximum atomic E-state index is 14.0. The Morgan fingerprint density at radius 2 is 1.81 bits per heavy atom. The molecule has 0 saturated carbocycles. The summed E-state index contributed by atoms with van der Waals surface area (Å²) in [4.78, 5) is 35.7. The van der Waals surface area contributed by atoms with E-state index in [-0.39, 0.29) is 5.56 Å². The van der Waals surface area contributed by atoms with Crippen molar-refractivity contribution in [3.05, 3.63) is 76.1 Å². The lowest BCUT2D eigenvalue weighted by atomic mass is 10.0. The van der Waals surface area contributed by atoms with E-state index in [2.05, 4.69) is 18.7 Å². The van der Waals surface area contributed by atoms with Gasteiger partial charge in [-0.3, -0.25) is 9.69 Å². The van der Waals surface area contributed by atoms with Gasteiger partial charge in [0.1, 0.15) is 22.4 Å². The molecular weight excluding hydrogens is 486 g/mol. The predicted molar refractivity (Wildman–Crippen MR) is 150 cm³/mol. The number of nitrogens with zero attached hydrogens (tertiary/aromatic N) is 3. The van der Waals surface area contributed by atoms with Crippen molar-refractivity contribution in [2.75, 3.05) is 38.2 Å². The Labute approximate surface area is 218 Å². The van der Waals surface area contributed by atoms with Crippen LogP contribution in [-0.4, -0.2) is 49.1 Å². The molecule has 0 aliphatic heterocycles. The van der Waals surface area contributed by atoms with E-state index in [0.717, 1.165) is 39.5 Å². The highest BCUT2D eigenvalue weighted by Gasteiger charge is 2.26. The number of anilines is 1. The Hall–Kier alpha value is -3.75. The molecule has 7 nitrogen and oxygen atoms in total. The number of methoxy groups -OCH3 is 1. The van der Waals surface area contributed by atoms with E-state index in [1.807, 2.05) is 49.4 Å². The Balaban J connectivity index is 1.65. The molecule has 0 fully saturated rings. The van der Waals surface area contributed by atoms with Gasteiger partial charge in [0, 0.05) is 18.5 Å². The Kier molecular flexibility index (Phi) is 6.95. The number of amides is 1. The van der Waals surface area contributed by atoms with Crippen LogP contribution in [0.15, 0.2) is 63.8 Å². The fraction of sp³-hybridized carbons (Fsp3) is 0.276. The van der Waals surface area contributed by atoms with Crippen molar-refractivity contribution in [3.63, 3.8) is 0 Å². The van der Waals surface area contributed by atoms with Gasteiger partial charge in [-0.05, 0) is 54.5 Å². The summed E-state index contributed by atoms with van der Waals surface area (Å²) in [5, 5.41) is 3.19. The van der Waals surface area contributed by atoms with E-state index in [4.69, 9.17) is 14.1 Å². The smallest absolute Gasteiger partial charge is 0.349 e. The number of ether oxygens (including phenoxy) is 1. The largest absolute Gasteiger partial charge is 0.494 e. The molecule has 5 rings (SSSR count). The number of fused-ring (bicyclic) bond motifs is 4. The Morgan fingerprint density at radius 1 is 1.03 bits per heavy atom. The third-order valence-corrected chi connectivity index (χ3v) is 8.01. The minimum atomic E-state index is -0.657. The number of aryl methyl sites for hydroxylation is 1. The third kappa shape index (κ3) is 4.58. The van der Waals surface area contributed by atoms with E-state index in [1.165, 1.54) is 11.3 Å². The molecular formula is C29H29N3O4S. The molecule has 0 unspecified atom stereocenters. The zero-order valence-corrected chi connectivity index (χ0v) is 22.2. The molecule has 3 aromatic carbocycles. The first-order chi connectivity index (χ1) is 17.9. The summed E-state index contributed by atoms with van der Waals surface area (Å²) in [5.74, 6) is 0.224. The van der Waals surface area contributed by atoms with Gasteiger partial charge in [-0.1, -0.05) is 61.6 Å². The summed E-state index contributed by atoms with van der Waals surface area (Å²) in [6.07, 6.45) is 0. The highest BCUT2D eigenvalue weighted by molar-refractivity contribution is 7.22. The van der Waals surface area contributed by atoms with Gasteiger partial charge in [0.15, 0.2) is 5.13 Å². The molecule has 190 valence electrons. The second-order valence-corrected chi connectivity index (χ2v) is 9.87. The molecule has 0 spiro atoms. The van der Waals surface area contributed by atoms with E-state index < -0.39 is 11.5 Å². The highest BCUT2D eigenvalue weighted by atomic mass is 32.1. The molecule has 1 amide bonds. The van der Waals surface area contributed by atoms with Crippen molar-refractivity contribution in [2.45, 2.75) is 20.8 Å². The summed E-state index contributed by atoms with van der Waals surface area (Å²) in [5.41, 5.74) is 1.55. The number of thiazole rings is 1. The first kappa shape index (κ1) is 24.9. The number of rotatable bonds is 8. The molecule has 5 aromatic rings. The average Bonchev–Trinajstić information content (AvgIpc) is 3.36. The van der Waals surface area contributed by atoms with Crippen molar-refractivity contribution in [1.29, 1.82) is 0 Å². The minimum Gasteiger partial charge on any atom is -0.494 e. The van der Waals surface area contributed by atoms with Crippen LogP contribution in [0.25, 0.3) is 32.0 Å². The maximum Gasteiger partial charge on any atom is 0.349 e. The van der Waals surface area contributed by atoms with Crippen molar-refractivity contribution >= 4 is 54.3 Å². The fourth-order valence-electron chi connectivity index (χ4n) is 4.61. The minimum absolute atomic E-state index is 0.00802. The molecule has 0 aliphatic carbocycles. The summed E-state index contributed by atoms with van der Waals surface area (Å²) in [6.45, 7) is 8.93. The second kappa shape index (κ2) is 10.3. The zero-order chi connectivity index (χ0) is 26.1. The highest BCUT2D eigenvalue weighted by Crippen LogP contribution is 2.37. The second-order valence-electron chi connectivity index (χ2n) is 8.89. The monoisotopic (exact) mass is 515 g/mol. The van der Waals surface area contributed by atoms with Gasteiger partial charge in [0.25, 0.3) is 5.91 Å². The molecule has 0 atom stereocenters. The number of aromatic nitrogens is 1. The van der Waals surface area contributed by atoms with Gasteiger partial charge < -0.3 is 14.1 Å². The van der Waals surface area contributed by atoms with Crippen LogP contribution in [0, 0.1) is 6.92 Å². The molecule has 2 heterocycles. The molecule has 0 saturated heterocycles. The van der Waals surface area contributed by atoms with E-state index in [1.54, 1.807) is 24.1 Å².